The first-order chi connectivity index (χ1) is 5.70. The van der Waals surface area contributed by atoms with Crippen LogP contribution in [-0.4, -0.2) is 33.3 Å². The van der Waals surface area contributed by atoms with Gasteiger partial charge in [0.25, 0.3) is 0 Å². The van der Waals surface area contributed by atoms with Crippen LogP contribution in [0.15, 0.2) is 0 Å². The van der Waals surface area contributed by atoms with Gasteiger partial charge >= 0.3 is 5.97 Å². The molecule has 0 unspecified atom stereocenters. The lowest BCUT2D eigenvalue weighted by atomic mass is 9.97. The molecule has 0 aromatic carbocycles. The number of carboxylic acids is 1. The number of hydrogen-bond donors (Lipinski definition) is 2. The normalized spacial score (nSPS) is 30.1. The van der Waals surface area contributed by atoms with Gasteiger partial charge in [0.2, 0.25) is 0 Å². The molecule has 0 aliphatic heterocycles. The molecule has 0 radical (unpaired) electrons. The minimum atomic E-state index is -0.794. The van der Waals surface area contributed by atoms with Gasteiger partial charge < -0.3 is 10.2 Å². The Hall–Kier alpha value is -0.220. The number of aliphatic hydroxyl groups is 1. The molecular formula is C8H14O3S. The fourth-order valence-electron chi connectivity index (χ4n) is 1.45. The number of aliphatic hydroxyl groups excluding tert-OH is 1. The third-order valence-corrected chi connectivity index (χ3v) is 3.48. The second-order valence-corrected chi connectivity index (χ2v) is 4.32. The first-order valence-corrected chi connectivity index (χ1v) is 5.26. The smallest absolute Gasteiger partial charge is 0.313 e. The summed E-state index contributed by atoms with van der Waals surface area (Å²) in [5.41, 5.74) is 0. The minimum Gasteiger partial charge on any atom is -0.481 e. The van der Waals surface area contributed by atoms with Crippen LogP contribution in [0, 0.1) is 0 Å². The second kappa shape index (κ2) is 4.72. The lowest BCUT2D eigenvalue weighted by molar-refractivity contribution is -0.133. The van der Waals surface area contributed by atoms with E-state index >= 15 is 0 Å². The molecule has 0 saturated heterocycles. The highest BCUT2D eigenvalue weighted by Gasteiger charge is 2.23. The maximum atomic E-state index is 10.2. The van der Waals surface area contributed by atoms with Crippen LogP contribution < -0.4 is 0 Å². The maximum Gasteiger partial charge on any atom is 0.313 e. The highest BCUT2D eigenvalue weighted by molar-refractivity contribution is 8.00. The van der Waals surface area contributed by atoms with E-state index in [9.17, 15) is 9.90 Å². The number of thioether (sulfide) groups is 1. The predicted molar refractivity (Wildman–Crippen MR) is 48.4 cm³/mol. The van der Waals surface area contributed by atoms with Gasteiger partial charge in [0.05, 0.1) is 11.9 Å². The zero-order chi connectivity index (χ0) is 8.97. The summed E-state index contributed by atoms with van der Waals surface area (Å²) in [5, 5.41) is 18.0. The fraction of sp³-hybridized carbons (Fsp3) is 0.875. The number of rotatable bonds is 3. The summed E-state index contributed by atoms with van der Waals surface area (Å²) in [6, 6.07) is 0. The molecule has 0 spiro atoms. The number of hydrogen-bond acceptors (Lipinski definition) is 3. The zero-order valence-corrected chi connectivity index (χ0v) is 7.72. The van der Waals surface area contributed by atoms with Gasteiger partial charge in [-0.05, 0) is 12.8 Å². The van der Waals surface area contributed by atoms with Crippen LogP contribution in [-0.2, 0) is 4.79 Å². The molecule has 1 fully saturated rings. The van der Waals surface area contributed by atoms with E-state index in [1.807, 2.05) is 0 Å². The fourth-order valence-corrected chi connectivity index (χ4v) is 2.50. The van der Waals surface area contributed by atoms with E-state index in [1.54, 1.807) is 0 Å². The van der Waals surface area contributed by atoms with E-state index in [0.717, 1.165) is 25.7 Å². The van der Waals surface area contributed by atoms with Gasteiger partial charge in [-0.1, -0.05) is 12.8 Å². The molecule has 1 aliphatic rings. The highest BCUT2D eigenvalue weighted by atomic mass is 32.2. The van der Waals surface area contributed by atoms with Gasteiger partial charge in [-0.15, -0.1) is 11.8 Å². The van der Waals surface area contributed by atoms with E-state index < -0.39 is 5.97 Å². The Morgan fingerprint density at radius 3 is 2.67 bits per heavy atom. The van der Waals surface area contributed by atoms with Crippen molar-refractivity contribution in [1.82, 2.24) is 0 Å². The number of aliphatic carboxylic acids is 1. The van der Waals surface area contributed by atoms with E-state index in [4.69, 9.17) is 5.11 Å². The van der Waals surface area contributed by atoms with Gasteiger partial charge in [-0.3, -0.25) is 4.79 Å². The van der Waals surface area contributed by atoms with Crippen molar-refractivity contribution in [3.8, 4) is 0 Å². The van der Waals surface area contributed by atoms with E-state index in [1.165, 1.54) is 11.8 Å². The second-order valence-electron chi connectivity index (χ2n) is 3.09. The molecule has 1 aliphatic carbocycles. The summed E-state index contributed by atoms with van der Waals surface area (Å²) in [7, 11) is 0. The van der Waals surface area contributed by atoms with Crippen LogP contribution in [0.25, 0.3) is 0 Å². The molecule has 0 heterocycles. The van der Waals surface area contributed by atoms with Crippen molar-refractivity contribution in [3.05, 3.63) is 0 Å². The Morgan fingerprint density at radius 1 is 1.42 bits per heavy atom. The molecular weight excluding hydrogens is 176 g/mol. The predicted octanol–water partition coefficient (Wildman–Crippen LogP) is 1.11. The van der Waals surface area contributed by atoms with Crippen LogP contribution in [0.4, 0.5) is 0 Å². The molecule has 0 amide bonds. The van der Waals surface area contributed by atoms with Crippen molar-refractivity contribution in [1.29, 1.82) is 0 Å². The van der Waals surface area contributed by atoms with Gasteiger partial charge in [0.1, 0.15) is 0 Å². The standard InChI is InChI=1S/C8H14O3S/c9-6-3-1-2-4-7(6)12-5-8(10)11/h6-7,9H,1-5H2,(H,10,11)/t6-,7-/m0/s1. The molecule has 3 nitrogen and oxygen atoms in total. The highest BCUT2D eigenvalue weighted by Crippen LogP contribution is 2.28. The number of carboxylic acid groups (broad SMARTS) is 1. The first kappa shape index (κ1) is 9.86. The number of carbonyl (C=O) groups is 1. The van der Waals surface area contributed by atoms with Crippen molar-refractivity contribution in [2.24, 2.45) is 0 Å². The van der Waals surface area contributed by atoms with Crippen LogP contribution in [0.5, 0.6) is 0 Å². The Bertz CT molecular complexity index is 160. The topological polar surface area (TPSA) is 57.5 Å². The molecule has 1 rings (SSSR count). The van der Waals surface area contributed by atoms with Crippen LogP contribution in [0.1, 0.15) is 25.7 Å². The average molecular weight is 190 g/mol. The summed E-state index contributed by atoms with van der Waals surface area (Å²) in [6.07, 6.45) is 3.69. The van der Waals surface area contributed by atoms with Crippen molar-refractivity contribution in [2.45, 2.75) is 37.0 Å². The molecule has 0 aromatic heterocycles. The Balaban J connectivity index is 2.24. The summed E-state index contributed by atoms with van der Waals surface area (Å²) in [4.78, 5) is 10.2. The van der Waals surface area contributed by atoms with Crippen LogP contribution in [0.2, 0.25) is 0 Å². The monoisotopic (exact) mass is 190 g/mol. The molecule has 1 saturated carbocycles. The van der Waals surface area contributed by atoms with Crippen LogP contribution in [0.3, 0.4) is 0 Å². The van der Waals surface area contributed by atoms with Crippen molar-refractivity contribution in [2.75, 3.05) is 5.75 Å². The van der Waals surface area contributed by atoms with Gasteiger partial charge in [0.15, 0.2) is 0 Å². The molecule has 70 valence electrons. The third kappa shape index (κ3) is 3.03. The summed E-state index contributed by atoms with van der Waals surface area (Å²) < 4.78 is 0. The average Bonchev–Trinajstić information content (AvgIpc) is 2.03. The molecule has 2 atom stereocenters. The van der Waals surface area contributed by atoms with E-state index in [0.29, 0.717) is 0 Å². The Kier molecular flexibility index (Phi) is 3.88. The minimum absolute atomic E-state index is 0.113. The van der Waals surface area contributed by atoms with Gasteiger partial charge in [0, 0.05) is 5.25 Å². The summed E-state index contributed by atoms with van der Waals surface area (Å²) >= 11 is 1.36. The van der Waals surface area contributed by atoms with Crippen LogP contribution >= 0.6 is 11.8 Å². The lowest BCUT2D eigenvalue weighted by Gasteiger charge is -2.26. The van der Waals surface area contributed by atoms with Gasteiger partial charge in [-0.2, -0.15) is 0 Å². The molecule has 0 bridgehead atoms. The SMILES string of the molecule is O=C(O)CS[C@H]1CCCC[C@@H]1O. The third-order valence-electron chi connectivity index (χ3n) is 2.09. The first-order valence-electron chi connectivity index (χ1n) is 4.21. The quantitative estimate of drug-likeness (QED) is 0.700. The molecule has 4 heteroatoms. The lowest BCUT2D eigenvalue weighted by Crippen LogP contribution is -2.27. The van der Waals surface area contributed by atoms with Gasteiger partial charge in [-0.25, -0.2) is 0 Å². The molecule has 12 heavy (non-hydrogen) atoms. The van der Waals surface area contributed by atoms with E-state index in [-0.39, 0.29) is 17.1 Å². The maximum absolute atomic E-state index is 10.2. The van der Waals surface area contributed by atoms with Crippen molar-refractivity contribution < 1.29 is 15.0 Å². The summed E-state index contributed by atoms with van der Waals surface area (Å²) in [5.74, 6) is -0.681. The van der Waals surface area contributed by atoms with Crippen molar-refractivity contribution >= 4 is 17.7 Å². The van der Waals surface area contributed by atoms with Crippen molar-refractivity contribution in [3.63, 3.8) is 0 Å². The van der Waals surface area contributed by atoms with E-state index in [2.05, 4.69) is 0 Å². The zero-order valence-electron chi connectivity index (χ0n) is 6.90. The molecule has 2 N–H and O–H groups in total. The summed E-state index contributed by atoms with van der Waals surface area (Å²) in [6.45, 7) is 0. The Morgan fingerprint density at radius 2 is 2.08 bits per heavy atom. The molecule has 0 aromatic rings. The largest absolute Gasteiger partial charge is 0.481 e. The Labute approximate surface area is 76.2 Å².